The summed E-state index contributed by atoms with van der Waals surface area (Å²) in [5.74, 6) is 2.90. The van der Waals surface area contributed by atoms with Gasteiger partial charge in [0.05, 0.1) is 51.1 Å². The van der Waals surface area contributed by atoms with Gasteiger partial charge >= 0.3 is 18.9 Å². The van der Waals surface area contributed by atoms with Crippen LogP contribution in [-0.2, 0) is 0 Å². The third-order valence-electron chi connectivity index (χ3n) is 5.90. The van der Waals surface area contributed by atoms with Crippen LogP contribution in [-0.4, -0.2) is 39.6 Å². The molecule has 0 radical (unpaired) electrons. The molecule has 0 amide bonds. The van der Waals surface area contributed by atoms with E-state index in [1.165, 1.54) is 0 Å². The van der Waals surface area contributed by atoms with Gasteiger partial charge in [0.1, 0.15) is 17.2 Å². The van der Waals surface area contributed by atoms with Gasteiger partial charge in [-0.1, -0.05) is 65.4 Å². The molecule has 2 aromatic rings. The summed E-state index contributed by atoms with van der Waals surface area (Å²) in [6, 6.07) is 9.13. The van der Waals surface area contributed by atoms with E-state index >= 15 is 0 Å². The Labute approximate surface area is 243 Å². The monoisotopic (exact) mass is 538 g/mol. The average molecular weight is 539 g/mol. The molecule has 6 nitrogen and oxygen atoms in total. The molecular weight excluding hydrogens is 494 g/mol. The fourth-order valence-electron chi connectivity index (χ4n) is 3.80. The number of methoxy groups -OCH3 is 2. The predicted octanol–water partition coefficient (Wildman–Crippen LogP) is 4.83. The fourth-order valence-corrected chi connectivity index (χ4v) is 4.82. The van der Waals surface area contributed by atoms with Crippen molar-refractivity contribution in [2.45, 2.75) is 78.6 Å². The summed E-state index contributed by atoms with van der Waals surface area (Å²) in [4.78, 5) is 13.6. The van der Waals surface area contributed by atoms with Gasteiger partial charge in [-0.15, -0.1) is 5.30 Å². The van der Waals surface area contributed by atoms with Crippen LogP contribution in [0, 0.1) is 0 Å². The van der Waals surface area contributed by atoms with Crippen molar-refractivity contribution in [3.8, 4) is 28.7 Å². The molecular formula is C30H44LiO6P. The van der Waals surface area contributed by atoms with Crippen molar-refractivity contribution in [1.29, 1.82) is 0 Å². The minimum Gasteiger partial charge on any atom is -0.496 e. The van der Waals surface area contributed by atoms with Crippen molar-refractivity contribution < 1.29 is 47.3 Å². The first-order valence-electron chi connectivity index (χ1n) is 13.6. The normalized spacial score (nSPS) is 10.8. The first kappa shape index (κ1) is 34.2. The van der Waals surface area contributed by atoms with Crippen LogP contribution in [0.4, 0.5) is 0 Å². The second kappa shape index (κ2) is 20.1. The standard InChI is InChI=1S/C30H44O6P.Li/c1-6-9-12-18-34-23-21-26(35-19-13-10-7-2)29(27(22-23)36-20-14-11-8-3)37-30(31)28-24(32-4)16-15-17-25(28)33-5;/h15-17,21-22H,6-14,18-20H2,1-5H3;/q-1;+1. The number of rotatable bonds is 20. The van der Waals surface area contributed by atoms with E-state index in [0.29, 0.717) is 68.0 Å². The van der Waals surface area contributed by atoms with Crippen LogP contribution in [0.1, 0.15) is 88.9 Å². The summed E-state index contributed by atoms with van der Waals surface area (Å²) in [5, 5.41) is 0.701. The van der Waals surface area contributed by atoms with E-state index in [4.69, 9.17) is 23.7 Å². The van der Waals surface area contributed by atoms with Gasteiger partial charge in [0.2, 0.25) is 0 Å². The fraction of sp³-hybridized carbons (Fsp3) is 0.567. The molecule has 0 aromatic heterocycles. The van der Waals surface area contributed by atoms with E-state index in [9.17, 15) is 4.79 Å². The van der Waals surface area contributed by atoms with E-state index in [0.717, 1.165) is 57.8 Å². The Balaban J connectivity index is 0.00000722. The van der Waals surface area contributed by atoms with Gasteiger partial charge in [0, 0.05) is 17.7 Å². The van der Waals surface area contributed by atoms with Crippen LogP contribution in [0.5, 0.6) is 28.7 Å². The zero-order valence-electron chi connectivity index (χ0n) is 24.3. The molecule has 2 aromatic carbocycles. The van der Waals surface area contributed by atoms with E-state index in [1.807, 2.05) is 12.1 Å². The quantitative estimate of drug-likeness (QED) is 0.137. The number of benzene rings is 2. The molecule has 2 rings (SSSR count). The summed E-state index contributed by atoms with van der Waals surface area (Å²) >= 11 is 0. The molecule has 0 saturated heterocycles. The van der Waals surface area contributed by atoms with Crippen molar-refractivity contribution in [2.24, 2.45) is 0 Å². The SMILES string of the molecule is CCCCCOc1cc(OCCCCC)c([P-]C(=O)c2c(OC)cccc2OC)c(OCCCCC)c1.[Li+]. The average Bonchev–Trinajstić information content (AvgIpc) is 2.92. The molecule has 0 N–H and O–H groups in total. The topological polar surface area (TPSA) is 63.2 Å². The van der Waals surface area contributed by atoms with Crippen LogP contribution in [0.3, 0.4) is 0 Å². The maximum absolute atomic E-state index is 13.6. The van der Waals surface area contributed by atoms with Gasteiger partial charge in [0.25, 0.3) is 0 Å². The van der Waals surface area contributed by atoms with E-state index in [2.05, 4.69) is 20.8 Å². The molecule has 0 fully saturated rings. The molecule has 8 heteroatoms. The van der Waals surface area contributed by atoms with E-state index in [1.54, 1.807) is 32.4 Å². The van der Waals surface area contributed by atoms with Gasteiger partial charge in [-0.25, -0.2) is 0 Å². The van der Waals surface area contributed by atoms with Gasteiger partial charge < -0.3 is 37.1 Å². The van der Waals surface area contributed by atoms with Gasteiger partial charge in [-0.2, -0.15) is 0 Å². The maximum Gasteiger partial charge on any atom is 1.00 e. The summed E-state index contributed by atoms with van der Waals surface area (Å²) < 4.78 is 29.5. The van der Waals surface area contributed by atoms with Crippen molar-refractivity contribution in [2.75, 3.05) is 34.0 Å². The second-order valence-corrected chi connectivity index (χ2v) is 9.97. The van der Waals surface area contributed by atoms with Gasteiger partial charge in [-0.05, 0) is 31.4 Å². The van der Waals surface area contributed by atoms with Crippen LogP contribution >= 0.6 is 8.58 Å². The molecule has 38 heavy (non-hydrogen) atoms. The predicted molar refractivity (Wildman–Crippen MR) is 152 cm³/mol. The summed E-state index contributed by atoms with van der Waals surface area (Å²) in [7, 11) is 3.53. The molecule has 0 atom stereocenters. The van der Waals surface area contributed by atoms with Crippen LogP contribution in [0.25, 0.3) is 0 Å². The minimum atomic E-state index is -0.150. The number of hydrogen-bond acceptors (Lipinski definition) is 6. The Bertz CT molecular complexity index is 897. The molecule has 0 spiro atoms. The Morgan fingerprint density at radius 2 is 1.13 bits per heavy atom. The Hall–Kier alpha value is -1.86. The Kier molecular flexibility index (Phi) is 18.1. The second-order valence-electron chi connectivity index (χ2n) is 8.89. The van der Waals surface area contributed by atoms with E-state index < -0.39 is 0 Å². The van der Waals surface area contributed by atoms with Crippen molar-refractivity contribution in [3.05, 3.63) is 35.9 Å². The summed E-state index contributed by atoms with van der Waals surface area (Å²) in [6.07, 6.45) is 9.49. The number of ether oxygens (including phenoxy) is 5. The Morgan fingerprint density at radius 1 is 0.684 bits per heavy atom. The molecule has 0 aliphatic rings. The van der Waals surface area contributed by atoms with Crippen molar-refractivity contribution >= 4 is 19.4 Å². The largest absolute Gasteiger partial charge is 1.00 e. The van der Waals surface area contributed by atoms with Crippen molar-refractivity contribution in [1.82, 2.24) is 0 Å². The first-order chi connectivity index (χ1) is 18.1. The zero-order valence-corrected chi connectivity index (χ0v) is 25.2. The third-order valence-corrected chi connectivity index (χ3v) is 6.99. The van der Waals surface area contributed by atoms with E-state index in [-0.39, 0.29) is 24.4 Å². The molecule has 206 valence electrons. The number of carbonyl (C=O) groups is 1. The van der Waals surface area contributed by atoms with Crippen molar-refractivity contribution in [3.63, 3.8) is 0 Å². The smallest absolute Gasteiger partial charge is 0.496 e. The molecule has 0 saturated carbocycles. The molecule has 0 heterocycles. The number of unbranched alkanes of at least 4 members (excludes halogenated alkanes) is 6. The number of hydrogen-bond donors (Lipinski definition) is 0. The first-order valence-corrected chi connectivity index (χ1v) is 14.5. The molecule has 0 aliphatic heterocycles. The van der Waals surface area contributed by atoms with Crippen LogP contribution < -0.4 is 47.8 Å². The maximum atomic E-state index is 13.6. The Morgan fingerprint density at radius 3 is 1.55 bits per heavy atom. The van der Waals surface area contributed by atoms with Crippen LogP contribution in [0.15, 0.2) is 30.3 Å². The number of carbonyl (C=O) groups excluding carboxylic acids is 1. The molecule has 0 aliphatic carbocycles. The molecule has 0 bridgehead atoms. The zero-order chi connectivity index (χ0) is 26.9. The van der Waals surface area contributed by atoms with Crippen LogP contribution in [0.2, 0.25) is 0 Å². The molecule has 0 unspecified atom stereocenters. The summed E-state index contributed by atoms with van der Waals surface area (Å²) in [6.45, 7) is 8.26. The minimum absolute atomic E-state index is 0. The summed E-state index contributed by atoms with van der Waals surface area (Å²) in [5.41, 5.74) is 0.255. The third kappa shape index (κ3) is 11.1. The van der Waals surface area contributed by atoms with Gasteiger partial charge in [-0.3, -0.25) is 0 Å². The van der Waals surface area contributed by atoms with Gasteiger partial charge in [0.15, 0.2) is 0 Å².